The number of aldehydes is 1. The van der Waals surface area contributed by atoms with Crippen LogP contribution in [-0.4, -0.2) is 19.6 Å². The highest BCUT2D eigenvalue weighted by Crippen LogP contribution is 2.44. The normalized spacial score (nSPS) is 12.2. The summed E-state index contributed by atoms with van der Waals surface area (Å²) in [5, 5.41) is 3.35. The summed E-state index contributed by atoms with van der Waals surface area (Å²) >= 11 is 1.71. The molecule has 170 valence electrons. The number of hydrogen-bond acceptors (Lipinski definition) is 3. The van der Waals surface area contributed by atoms with Crippen LogP contribution in [0.5, 0.6) is 5.75 Å². The summed E-state index contributed by atoms with van der Waals surface area (Å²) in [4.78, 5) is 11.1. The third kappa shape index (κ3) is 5.12. The zero-order valence-electron chi connectivity index (χ0n) is 19.7. The van der Waals surface area contributed by atoms with Gasteiger partial charge in [-0.05, 0) is 70.2 Å². The number of halogens is 1. The van der Waals surface area contributed by atoms with Crippen LogP contribution in [0, 0.1) is 0 Å². The number of carbonyl (C=O) groups is 1. The summed E-state index contributed by atoms with van der Waals surface area (Å²) in [6, 6.07) is 10.9. The SMILES string of the molecule is CC/C(=C\C=O)c1ccc2scc(-c3cc(C(C)C)cc(C(C)C)c3OCCCF)c2c1. The van der Waals surface area contributed by atoms with Crippen molar-refractivity contribution in [2.75, 3.05) is 13.3 Å². The molecule has 0 radical (unpaired) electrons. The van der Waals surface area contributed by atoms with Crippen molar-refractivity contribution in [2.45, 2.75) is 59.3 Å². The highest BCUT2D eigenvalue weighted by atomic mass is 32.1. The topological polar surface area (TPSA) is 26.3 Å². The molecule has 0 saturated heterocycles. The van der Waals surface area contributed by atoms with Crippen LogP contribution in [0.4, 0.5) is 4.39 Å². The average molecular weight is 453 g/mol. The summed E-state index contributed by atoms with van der Waals surface area (Å²) in [5.74, 6) is 1.53. The fourth-order valence-electron chi connectivity index (χ4n) is 3.96. The van der Waals surface area contributed by atoms with E-state index in [0.29, 0.717) is 18.9 Å². The zero-order chi connectivity index (χ0) is 23.3. The van der Waals surface area contributed by atoms with Gasteiger partial charge in [0, 0.05) is 27.6 Å². The monoisotopic (exact) mass is 452 g/mol. The first-order valence-corrected chi connectivity index (χ1v) is 12.3. The van der Waals surface area contributed by atoms with Crippen LogP contribution in [0.15, 0.2) is 41.8 Å². The molecule has 0 spiro atoms. The van der Waals surface area contributed by atoms with Crippen LogP contribution in [0.25, 0.3) is 26.8 Å². The Morgan fingerprint density at radius 1 is 1.09 bits per heavy atom. The van der Waals surface area contributed by atoms with Gasteiger partial charge in [0.05, 0.1) is 13.3 Å². The molecule has 4 heteroatoms. The molecule has 0 aliphatic carbocycles. The van der Waals surface area contributed by atoms with E-state index in [0.717, 1.165) is 51.7 Å². The predicted octanol–water partition coefficient (Wildman–Crippen LogP) is 8.55. The minimum atomic E-state index is -0.385. The van der Waals surface area contributed by atoms with E-state index < -0.39 is 0 Å². The Morgan fingerprint density at radius 2 is 1.88 bits per heavy atom. The molecule has 0 aliphatic heterocycles. The standard InChI is InChI=1S/C28H33FO2S/c1-6-20(10-12-30)21-8-9-27-24(14-21)26(17-32-27)25-16-22(18(2)3)15-23(19(4)5)28(25)31-13-7-11-29/h8-10,12,14-19H,6-7,11,13H2,1-5H3/b20-10+. The van der Waals surface area contributed by atoms with Gasteiger partial charge in [0.1, 0.15) is 12.0 Å². The molecule has 0 N–H and O–H groups in total. The van der Waals surface area contributed by atoms with E-state index in [1.54, 1.807) is 17.4 Å². The Bertz CT molecular complexity index is 1110. The fraction of sp³-hybridized carbons (Fsp3) is 0.393. The van der Waals surface area contributed by atoms with E-state index >= 15 is 0 Å². The van der Waals surface area contributed by atoms with Crippen molar-refractivity contribution in [3.05, 3.63) is 58.5 Å². The summed E-state index contributed by atoms with van der Waals surface area (Å²) in [7, 11) is 0. The minimum absolute atomic E-state index is 0.288. The second-order valence-electron chi connectivity index (χ2n) is 8.73. The molecule has 0 fully saturated rings. The second kappa shape index (κ2) is 10.9. The lowest BCUT2D eigenvalue weighted by molar-refractivity contribution is -0.104. The van der Waals surface area contributed by atoms with Gasteiger partial charge in [-0.2, -0.15) is 0 Å². The molecule has 3 rings (SSSR count). The summed E-state index contributed by atoms with van der Waals surface area (Å²) in [6.45, 7) is 10.8. The van der Waals surface area contributed by atoms with E-state index in [4.69, 9.17) is 4.74 Å². The number of benzene rings is 2. The third-order valence-corrected chi connectivity index (χ3v) is 6.80. The summed E-state index contributed by atoms with van der Waals surface area (Å²) in [5.41, 5.74) is 6.73. The van der Waals surface area contributed by atoms with Gasteiger partial charge in [-0.3, -0.25) is 9.18 Å². The van der Waals surface area contributed by atoms with Crippen molar-refractivity contribution in [3.8, 4) is 16.9 Å². The van der Waals surface area contributed by atoms with Crippen LogP contribution < -0.4 is 4.74 Å². The van der Waals surface area contributed by atoms with Crippen LogP contribution in [0.2, 0.25) is 0 Å². The molecule has 0 bridgehead atoms. The van der Waals surface area contributed by atoms with Crippen molar-refractivity contribution >= 4 is 33.3 Å². The van der Waals surface area contributed by atoms with E-state index in [9.17, 15) is 9.18 Å². The van der Waals surface area contributed by atoms with Gasteiger partial charge in [-0.1, -0.05) is 46.8 Å². The lowest BCUT2D eigenvalue weighted by Crippen LogP contribution is -2.05. The molecule has 2 nitrogen and oxygen atoms in total. The number of thiophene rings is 1. The maximum absolute atomic E-state index is 12.8. The zero-order valence-corrected chi connectivity index (χ0v) is 20.5. The van der Waals surface area contributed by atoms with Gasteiger partial charge in [0.15, 0.2) is 0 Å². The number of rotatable bonds is 10. The quantitative estimate of drug-likeness (QED) is 0.175. The molecular formula is C28H33FO2S. The molecule has 3 aromatic rings. The first-order valence-electron chi connectivity index (χ1n) is 11.4. The Balaban J connectivity index is 2.26. The summed E-state index contributed by atoms with van der Waals surface area (Å²) in [6.07, 6.45) is 3.68. The van der Waals surface area contributed by atoms with Crippen LogP contribution in [-0.2, 0) is 4.79 Å². The van der Waals surface area contributed by atoms with Crippen LogP contribution in [0.3, 0.4) is 0 Å². The van der Waals surface area contributed by atoms with Gasteiger partial charge in [0.2, 0.25) is 0 Å². The van der Waals surface area contributed by atoms with E-state index in [1.807, 2.05) is 0 Å². The Labute approximate surface area is 195 Å². The van der Waals surface area contributed by atoms with Crippen molar-refractivity contribution < 1.29 is 13.9 Å². The number of alkyl halides is 1. The molecule has 0 amide bonds. The first-order chi connectivity index (χ1) is 15.4. The lowest BCUT2D eigenvalue weighted by atomic mass is 9.89. The van der Waals surface area contributed by atoms with Gasteiger partial charge >= 0.3 is 0 Å². The van der Waals surface area contributed by atoms with Crippen molar-refractivity contribution in [2.24, 2.45) is 0 Å². The maximum Gasteiger partial charge on any atom is 0.143 e. The Morgan fingerprint density at radius 3 is 2.50 bits per heavy atom. The van der Waals surface area contributed by atoms with Gasteiger partial charge in [0.25, 0.3) is 0 Å². The number of carbonyl (C=O) groups excluding carboxylic acids is 1. The Kier molecular flexibility index (Phi) is 8.25. The molecule has 0 atom stereocenters. The number of ether oxygens (including phenoxy) is 1. The largest absolute Gasteiger partial charge is 0.493 e. The average Bonchev–Trinajstić information content (AvgIpc) is 3.20. The maximum atomic E-state index is 12.8. The number of hydrogen-bond donors (Lipinski definition) is 0. The smallest absolute Gasteiger partial charge is 0.143 e. The van der Waals surface area contributed by atoms with E-state index in [2.05, 4.69) is 70.3 Å². The van der Waals surface area contributed by atoms with Gasteiger partial charge in [-0.15, -0.1) is 11.3 Å². The van der Waals surface area contributed by atoms with Gasteiger partial charge < -0.3 is 4.74 Å². The van der Waals surface area contributed by atoms with Gasteiger partial charge in [-0.25, -0.2) is 0 Å². The molecule has 0 saturated carbocycles. The summed E-state index contributed by atoms with van der Waals surface area (Å²) < 4.78 is 20.2. The minimum Gasteiger partial charge on any atom is -0.493 e. The Hall–Kier alpha value is -2.46. The second-order valence-corrected chi connectivity index (χ2v) is 9.64. The molecule has 32 heavy (non-hydrogen) atoms. The van der Waals surface area contributed by atoms with Crippen molar-refractivity contribution in [3.63, 3.8) is 0 Å². The van der Waals surface area contributed by atoms with E-state index in [-0.39, 0.29) is 12.6 Å². The first kappa shape index (κ1) is 24.2. The van der Waals surface area contributed by atoms with Crippen LogP contribution >= 0.6 is 11.3 Å². The predicted molar refractivity (Wildman–Crippen MR) is 136 cm³/mol. The van der Waals surface area contributed by atoms with Crippen molar-refractivity contribution in [1.29, 1.82) is 0 Å². The fourth-order valence-corrected chi connectivity index (χ4v) is 4.91. The molecular weight excluding hydrogens is 419 g/mol. The molecule has 0 unspecified atom stereocenters. The lowest BCUT2D eigenvalue weighted by Gasteiger charge is -2.21. The molecule has 1 aromatic heterocycles. The molecule has 1 heterocycles. The highest BCUT2D eigenvalue weighted by molar-refractivity contribution is 7.17. The molecule has 0 aliphatic rings. The highest BCUT2D eigenvalue weighted by Gasteiger charge is 2.20. The van der Waals surface area contributed by atoms with Crippen LogP contribution in [0.1, 0.15) is 76.0 Å². The molecule has 2 aromatic carbocycles. The van der Waals surface area contributed by atoms with E-state index in [1.165, 1.54) is 10.3 Å². The number of allylic oxidation sites excluding steroid dienone is 2. The van der Waals surface area contributed by atoms with Crippen molar-refractivity contribution in [1.82, 2.24) is 0 Å². The third-order valence-electron chi connectivity index (χ3n) is 5.84. The number of fused-ring (bicyclic) bond motifs is 1.